The lowest BCUT2D eigenvalue weighted by atomic mass is 10.3. The molecule has 78 valence electrons. The molecule has 2 nitrogen and oxygen atoms in total. The molecule has 0 saturated carbocycles. The molecule has 0 atom stereocenters. The monoisotopic (exact) mass is 236 g/mol. The van der Waals surface area contributed by atoms with Crippen molar-refractivity contribution in [2.45, 2.75) is 17.6 Å². The fraction of sp³-hybridized carbons (Fsp3) is 0.182. The van der Waals surface area contributed by atoms with Crippen LogP contribution in [0, 0.1) is 6.92 Å². The fourth-order valence-corrected chi connectivity index (χ4v) is 2.81. The Hall–Kier alpha value is -1.000. The van der Waals surface area contributed by atoms with Crippen LogP contribution in [0.1, 0.15) is 10.7 Å². The molecule has 2 rings (SSSR count). The topological polar surface area (TPSA) is 38.9 Å². The van der Waals surface area contributed by atoms with Crippen molar-refractivity contribution in [1.82, 2.24) is 4.98 Å². The van der Waals surface area contributed by atoms with Crippen LogP contribution in [0.25, 0.3) is 0 Å². The van der Waals surface area contributed by atoms with E-state index in [9.17, 15) is 0 Å². The second-order valence-corrected chi connectivity index (χ2v) is 5.33. The van der Waals surface area contributed by atoms with Crippen molar-refractivity contribution < 1.29 is 0 Å². The number of hydrogen-bond acceptors (Lipinski definition) is 4. The van der Waals surface area contributed by atoms with Crippen molar-refractivity contribution in [1.29, 1.82) is 0 Å². The molecular weight excluding hydrogens is 224 g/mol. The number of benzene rings is 1. The van der Waals surface area contributed by atoms with Gasteiger partial charge in [0.1, 0.15) is 0 Å². The second kappa shape index (κ2) is 4.68. The first-order chi connectivity index (χ1) is 7.24. The predicted octanol–water partition coefficient (Wildman–Crippen LogP) is 3.33. The summed E-state index contributed by atoms with van der Waals surface area (Å²) < 4.78 is 0. The summed E-state index contributed by atoms with van der Waals surface area (Å²) in [5.41, 5.74) is 7.66. The molecule has 0 aliphatic carbocycles. The maximum absolute atomic E-state index is 5.70. The van der Waals surface area contributed by atoms with E-state index in [1.165, 1.54) is 4.90 Å². The lowest BCUT2D eigenvalue weighted by Gasteiger charge is -2.00. The van der Waals surface area contributed by atoms with Crippen molar-refractivity contribution in [3.05, 3.63) is 40.3 Å². The van der Waals surface area contributed by atoms with Gasteiger partial charge in [-0.2, -0.15) is 0 Å². The van der Waals surface area contributed by atoms with Crippen LogP contribution in [0.3, 0.4) is 0 Å². The van der Waals surface area contributed by atoms with Crippen LogP contribution in [-0.4, -0.2) is 4.98 Å². The van der Waals surface area contributed by atoms with Crippen LogP contribution in [0.5, 0.6) is 0 Å². The lowest BCUT2D eigenvalue weighted by molar-refractivity contribution is 1.18. The number of anilines is 1. The Balaban J connectivity index is 1.99. The first kappa shape index (κ1) is 10.5. The third-order valence-corrected chi connectivity index (χ3v) is 3.76. The van der Waals surface area contributed by atoms with Gasteiger partial charge in [-0.15, -0.1) is 23.1 Å². The van der Waals surface area contributed by atoms with E-state index in [0.29, 0.717) is 0 Å². The number of nitrogen functional groups attached to an aromatic ring is 1. The molecule has 2 N–H and O–H groups in total. The summed E-state index contributed by atoms with van der Waals surface area (Å²) in [7, 11) is 0. The molecular formula is C11H12N2S2. The van der Waals surface area contributed by atoms with E-state index in [4.69, 9.17) is 5.73 Å². The van der Waals surface area contributed by atoms with Gasteiger partial charge in [-0.05, 0) is 25.1 Å². The number of nitrogens with two attached hydrogens (primary N) is 1. The number of thioether (sulfide) groups is 1. The van der Waals surface area contributed by atoms with Gasteiger partial charge in [-0.25, -0.2) is 4.98 Å². The van der Waals surface area contributed by atoms with Gasteiger partial charge >= 0.3 is 0 Å². The van der Waals surface area contributed by atoms with Crippen LogP contribution in [0.15, 0.2) is 34.5 Å². The molecule has 0 fully saturated rings. The third-order valence-electron chi connectivity index (χ3n) is 1.91. The van der Waals surface area contributed by atoms with Crippen molar-refractivity contribution in [3.8, 4) is 0 Å². The zero-order chi connectivity index (χ0) is 10.7. The van der Waals surface area contributed by atoms with Gasteiger partial charge in [-0.3, -0.25) is 0 Å². The van der Waals surface area contributed by atoms with Crippen LogP contribution >= 0.6 is 23.1 Å². The van der Waals surface area contributed by atoms with Crippen molar-refractivity contribution in [2.24, 2.45) is 0 Å². The summed E-state index contributed by atoms with van der Waals surface area (Å²) in [6.45, 7) is 2.03. The molecule has 15 heavy (non-hydrogen) atoms. The molecule has 0 aliphatic heterocycles. The van der Waals surface area contributed by atoms with Crippen molar-refractivity contribution in [3.63, 3.8) is 0 Å². The average molecular weight is 236 g/mol. The molecule has 0 spiro atoms. The van der Waals surface area contributed by atoms with Gasteiger partial charge in [0.05, 0.1) is 10.7 Å². The fourth-order valence-electron chi connectivity index (χ4n) is 1.24. The molecule has 1 aromatic heterocycles. The maximum atomic E-state index is 5.70. The van der Waals surface area contributed by atoms with Gasteiger partial charge in [0.25, 0.3) is 0 Å². The summed E-state index contributed by atoms with van der Waals surface area (Å²) in [4.78, 5) is 5.61. The molecule has 0 aliphatic rings. The third kappa shape index (κ3) is 2.97. The minimum atomic E-state index is 0.814. The van der Waals surface area contributed by atoms with Gasteiger partial charge in [0.15, 0.2) is 0 Å². The summed E-state index contributed by atoms with van der Waals surface area (Å²) >= 11 is 3.46. The van der Waals surface area contributed by atoms with E-state index >= 15 is 0 Å². The van der Waals surface area contributed by atoms with E-state index in [-0.39, 0.29) is 0 Å². The molecule has 2 aromatic rings. The van der Waals surface area contributed by atoms with Gasteiger partial charge < -0.3 is 5.73 Å². The molecule has 1 aromatic carbocycles. The number of thiazole rings is 1. The summed E-state index contributed by atoms with van der Waals surface area (Å²) in [5.74, 6) is 0.911. The smallest absolute Gasteiger partial charge is 0.0897 e. The summed E-state index contributed by atoms with van der Waals surface area (Å²) in [5, 5.41) is 3.23. The highest BCUT2D eigenvalue weighted by Gasteiger charge is 2.00. The largest absolute Gasteiger partial charge is 0.399 e. The molecule has 4 heteroatoms. The first-order valence-electron chi connectivity index (χ1n) is 4.63. The highest BCUT2D eigenvalue weighted by atomic mass is 32.2. The van der Waals surface area contributed by atoms with Crippen LogP contribution in [0.2, 0.25) is 0 Å². The number of hydrogen-bond donors (Lipinski definition) is 1. The Morgan fingerprint density at radius 3 is 3.00 bits per heavy atom. The Bertz CT molecular complexity index is 451. The Labute approximate surface area is 97.5 Å². The van der Waals surface area contributed by atoms with E-state index in [2.05, 4.69) is 16.4 Å². The van der Waals surface area contributed by atoms with Gasteiger partial charge in [0, 0.05) is 21.7 Å². The van der Waals surface area contributed by atoms with E-state index in [0.717, 1.165) is 22.1 Å². The number of nitrogens with zero attached hydrogens (tertiary/aromatic N) is 1. The predicted molar refractivity (Wildman–Crippen MR) is 67.3 cm³/mol. The lowest BCUT2D eigenvalue weighted by Crippen LogP contribution is -1.85. The molecule has 0 unspecified atom stereocenters. The normalized spacial score (nSPS) is 10.5. The quantitative estimate of drug-likeness (QED) is 0.656. The molecule has 0 bridgehead atoms. The minimum Gasteiger partial charge on any atom is -0.399 e. The zero-order valence-electron chi connectivity index (χ0n) is 8.43. The molecule has 0 saturated heterocycles. The molecule has 0 amide bonds. The average Bonchev–Trinajstić information content (AvgIpc) is 2.62. The van der Waals surface area contributed by atoms with E-state index < -0.39 is 0 Å². The summed E-state index contributed by atoms with van der Waals surface area (Å²) in [6.07, 6.45) is 0. The van der Waals surface area contributed by atoms with Crippen LogP contribution in [-0.2, 0) is 5.75 Å². The number of aryl methyl sites for hydroxylation is 1. The standard InChI is InChI=1S/C11H12N2S2/c1-8-13-10(6-14-8)7-15-11-4-2-3-9(12)5-11/h2-6H,7,12H2,1H3. The second-order valence-electron chi connectivity index (χ2n) is 3.22. The number of rotatable bonds is 3. The highest BCUT2D eigenvalue weighted by Crippen LogP contribution is 2.24. The van der Waals surface area contributed by atoms with E-state index in [1.807, 2.05) is 25.1 Å². The van der Waals surface area contributed by atoms with E-state index in [1.54, 1.807) is 23.1 Å². The summed E-state index contributed by atoms with van der Waals surface area (Å²) in [6, 6.07) is 7.94. The zero-order valence-corrected chi connectivity index (χ0v) is 10.1. The van der Waals surface area contributed by atoms with Gasteiger partial charge in [0.2, 0.25) is 0 Å². The van der Waals surface area contributed by atoms with Gasteiger partial charge in [-0.1, -0.05) is 6.07 Å². The number of aromatic nitrogens is 1. The Morgan fingerprint density at radius 1 is 1.47 bits per heavy atom. The van der Waals surface area contributed by atoms with Crippen molar-refractivity contribution >= 4 is 28.8 Å². The van der Waals surface area contributed by atoms with Crippen molar-refractivity contribution in [2.75, 3.05) is 5.73 Å². The Morgan fingerprint density at radius 2 is 2.33 bits per heavy atom. The highest BCUT2D eigenvalue weighted by molar-refractivity contribution is 7.98. The molecule has 1 heterocycles. The minimum absolute atomic E-state index is 0.814. The SMILES string of the molecule is Cc1nc(CSc2cccc(N)c2)cs1. The van der Waals surface area contributed by atoms with Crippen LogP contribution in [0.4, 0.5) is 5.69 Å². The van der Waals surface area contributed by atoms with Crippen LogP contribution < -0.4 is 5.73 Å². The molecule has 0 radical (unpaired) electrons. The first-order valence-corrected chi connectivity index (χ1v) is 6.50. The maximum Gasteiger partial charge on any atom is 0.0897 e. The Kier molecular flexibility index (Phi) is 3.28.